The highest BCUT2D eigenvalue weighted by atomic mass is 16.6. The van der Waals surface area contributed by atoms with Gasteiger partial charge in [-0.2, -0.15) is 0 Å². The molecule has 0 radical (unpaired) electrons. The number of methoxy groups -OCH3 is 1. The first-order chi connectivity index (χ1) is 18.2. The normalized spacial score (nSPS) is 12.8. The standard InChI is InChI=1S/C30H47NO8/c1-20(2)8-13-26(32)37-17-16-30(31,29(35)36-7)19-23-11-12-24(38-27(33)14-9-21(3)4)25(18-23)39-28(34)15-10-22(5)6/h11-12,18,20-22H,8-10,13-17,19,31H2,1-7H3/t30-/m1/s1. The van der Waals surface area contributed by atoms with Crippen molar-refractivity contribution in [3.63, 3.8) is 0 Å². The Morgan fingerprint density at radius 1 is 0.769 bits per heavy atom. The first-order valence-corrected chi connectivity index (χ1v) is 13.8. The summed E-state index contributed by atoms with van der Waals surface area (Å²) < 4.78 is 21.3. The Bertz CT molecular complexity index is 956. The minimum absolute atomic E-state index is 0.0152. The minimum Gasteiger partial charge on any atom is -0.468 e. The van der Waals surface area contributed by atoms with Gasteiger partial charge in [-0.25, -0.2) is 0 Å². The molecule has 0 heterocycles. The topological polar surface area (TPSA) is 131 Å². The molecule has 1 aromatic carbocycles. The molecule has 9 heteroatoms. The number of esters is 4. The molecule has 0 bridgehead atoms. The van der Waals surface area contributed by atoms with Gasteiger partial charge >= 0.3 is 23.9 Å². The second-order valence-corrected chi connectivity index (χ2v) is 11.3. The van der Waals surface area contributed by atoms with Crippen LogP contribution < -0.4 is 15.2 Å². The highest BCUT2D eigenvalue weighted by Crippen LogP contribution is 2.31. The number of nitrogens with two attached hydrogens (primary N) is 1. The summed E-state index contributed by atoms with van der Waals surface area (Å²) in [5.74, 6) is -0.702. The van der Waals surface area contributed by atoms with Crippen molar-refractivity contribution in [2.24, 2.45) is 23.5 Å². The number of rotatable bonds is 17. The third kappa shape index (κ3) is 13.6. The summed E-state index contributed by atoms with van der Waals surface area (Å²) in [6.45, 7) is 12.0. The second-order valence-electron chi connectivity index (χ2n) is 11.3. The van der Waals surface area contributed by atoms with Gasteiger partial charge < -0.3 is 24.7 Å². The molecule has 1 rings (SSSR count). The Morgan fingerprint density at radius 2 is 1.26 bits per heavy atom. The van der Waals surface area contributed by atoms with Crippen LogP contribution in [0.15, 0.2) is 18.2 Å². The molecule has 0 spiro atoms. The lowest BCUT2D eigenvalue weighted by Gasteiger charge is -2.27. The van der Waals surface area contributed by atoms with E-state index in [1.807, 2.05) is 41.5 Å². The zero-order valence-electron chi connectivity index (χ0n) is 24.7. The fraction of sp³-hybridized carbons (Fsp3) is 0.667. The molecule has 1 aromatic rings. The van der Waals surface area contributed by atoms with Crippen LogP contribution in [0.1, 0.15) is 92.1 Å². The van der Waals surface area contributed by atoms with Crippen molar-refractivity contribution in [2.45, 2.75) is 98.4 Å². The summed E-state index contributed by atoms with van der Waals surface area (Å²) in [4.78, 5) is 49.5. The van der Waals surface area contributed by atoms with Gasteiger partial charge in [0.2, 0.25) is 0 Å². The Labute approximate surface area is 233 Å². The zero-order chi connectivity index (χ0) is 29.6. The quantitative estimate of drug-likeness (QED) is 0.207. The van der Waals surface area contributed by atoms with Gasteiger partial charge in [0, 0.05) is 32.1 Å². The molecule has 0 aliphatic heterocycles. The Balaban J connectivity index is 3.11. The zero-order valence-corrected chi connectivity index (χ0v) is 24.7. The van der Waals surface area contributed by atoms with Crippen LogP contribution in [0.5, 0.6) is 11.5 Å². The Morgan fingerprint density at radius 3 is 1.74 bits per heavy atom. The molecule has 0 fully saturated rings. The second kappa shape index (κ2) is 16.9. The van der Waals surface area contributed by atoms with Crippen molar-refractivity contribution in [1.82, 2.24) is 0 Å². The summed E-state index contributed by atoms with van der Waals surface area (Å²) in [5.41, 5.74) is 5.51. The maximum absolute atomic E-state index is 12.6. The van der Waals surface area contributed by atoms with E-state index in [1.54, 1.807) is 6.07 Å². The lowest BCUT2D eigenvalue weighted by Crippen LogP contribution is -2.51. The largest absolute Gasteiger partial charge is 0.468 e. The van der Waals surface area contributed by atoms with Gasteiger partial charge in [0.05, 0.1) is 13.7 Å². The van der Waals surface area contributed by atoms with Gasteiger partial charge in [0.1, 0.15) is 5.54 Å². The van der Waals surface area contributed by atoms with Crippen LogP contribution in [0.3, 0.4) is 0 Å². The average Bonchev–Trinajstić information content (AvgIpc) is 2.86. The lowest BCUT2D eigenvalue weighted by atomic mass is 9.88. The predicted molar refractivity (Wildman–Crippen MR) is 148 cm³/mol. The molecule has 0 aliphatic rings. The fourth-order valence-corrected chi connectivity index (χ4v) is 3.64. The SMILES string of the molecule is COC(=O)[C@@](N)(CCOC(=O)CCC(C)C)Cc1ccc(OC(=O)CCC(C)C)c(OC(=O)CCC(C)C)c1. The van der Waals surface area contributed by atoms with Gasteiger partial charge in [-0.3, -0.25) is 19.2 Å². The van der Waals surface area contributed by atoms with E-state index in [9.17, 15) is 19.2 Å². The first-order valence-electron chi connectivity index (χ1n) is 13.8. The van der Waals surface area contributed by atoms with E-state index in [2.05, 4.69) is 0 Å². The smallest absolute Gasteiger partial charge is 0.326 e. The van der Waals surface area contributed by atoms with Crippen LogP contribution in [0.25, 0.3) is 0 Å². The van der Waals surface area contributed by atoms with E-state index < -0.39 is 23.4 Å². The molecular weight excluding hydrogens is 502 g/mol. The van der Waals surface area contributed by atoms with E-state index >= 15 is 0 Å². The van der Waals surface area contributed by atoms with Crippen molar-refractivity contribution >= 4 is 23.9 Å². The molecule has 9 nitrogen and oxygen atoms in total. The third-order valence-electron chi connectivity index (χ3n) is 6.16. The van der Waals surface area contributed by atoms with Crippen molar-refractivity contribution in [3.8, 4) is 11.5 Å². The molecule has 0 aromatic heterocycles. The fourth-order valence-electron chi connectivity index (χ4n) is 3.64. The van der Waals surface area contributed by atoms with Gasteiger partial charge in [0.25, 0.3) is 0 Å². The van der Waals surface area contributed by atoms with E-state index in [4.69, 9.17) is 24.7 Å². The molecule has 0 amide bonds. The highest BCUT2D eigenvalue weighted by molar-refractivity contribution is 5.81. The number of ether oxygens (including phenoxy) is 4. The van der Waals surface area contributed by atoms with Gasteiger partial charge in [-0.05, 0) is 54.7 Å². The molecule has 0 saturated carbocycles. The Kier molecular flexibility index (Phi) is 14.8. The van der Waals surface area contributed by atoms with E-state index in [0.29, 0.717) is 42.6 Å². The van der Waals surface area contributed by atoms with Crippen LogP contribution in [0.4, 0.5) is 0 Å². The minimum atomic E-state index is -1.50. The molecule has 2 N–H and O–H groups in total. The molecule has 220 valence electrons. The molecule has 39 heavy (non-hydrogen) atoms. The number of carbonyl (C=O) groups is 4. The van der Waals surface area contributed by atoms with Crippen molar-refractivity contribution in [1.29, 1.82) is 0 Å². The van der Waals surface area contributed by atoms with Crippen LogP contribution in [0.2, 0.25) is 0 Å². The number of benzene rings is 1. The van der Waals surface area contributed by atoms with Crippen molar-refractivity contribution < 1.29 is 38.1 Å². The predicted octanol–water partition coefficient (Wildman–Crippen LogP) is 5.15. The number of carbonyl (C=O) groups excluding carboxylic acids is 4. The van der Waals surface area contributed by atoms with Crippen LogP contribution in [-0.4, -0.2) is 43.1 Å². The third-order valence-corrected chi connectivity index (χ3v) is 6.16. The van der Waals surface area contributed by atoms with Crippen LogP contribution >= 0.6 is 0 Å². The Hall–Kier alpha value is -2.94. The van der Waals surface area contributed by atoms with Crippen LogP contribution in [-0.2, 0) is 35.1 Å². The van der Waals surface area contributed by atoms with Gasteiger partial charge in [0.15, 0.2) is 11.5 Å². The molecule has 1 atom stereocenters. The molecule has 0 saturated heterocycles. The summed E-state index contributed by atoms with van der Waals surface area (Å²) in [6.07, 6.45) is 2.78. The maximum Gasteiger partial charge on any atom is 0.326 e. The van der Waals surface area contributed by atoms with Gasteiger partial charge in [-0.1, -0.05) is 47.6 Å². The first kappa shape index (κ1) is 34.1. The van der Waals surface area contributed by atoms with E-state index in [0.717, 1.165) is 0 Å². The summed E-state index contributed by atoms with van der Waals surface area (Å²) in [7, 11) is 1.24. The number of hydrogen-bond acceptors (Lipinski definition) is 9. The summed E-state index contributed by atoms with van der Waals surface area (Å²) >= 11 is 0. The van der Waals surface area contributed by atoms with Crippen molar-refractivity contribution in [3.05, 3.63) is 23.8 Å². The monoisotopic (exact) mass is 549 g/mol. The maximum atomic E-state index is 12.6. The summed E-state index contributed by atoms with van der Waals surface area (Å²) in [6, 6.07) is 4.71. The van der Waals surface area contributed by atoms with Crippen molar-refractivity contribution in [2.75, 3.05) is 13.7 Å². The molecule has 0 unspecified atom stereocenters. The summed E-state index contributed by atoms with van der Waals surface area (Å²) in [5, 5.41) is 0. The number of hydrogen-bond donors (Lipinski definition) is 1. The van der Waals surface area contributed by atoms with Crippen LogP contribution in [0, 0.1) is 17.8 Å². The van der Waals surface area contributed by atoms with E-state index in [1.165, 1.54) is 19.2 Å². The highest BCUT2D eigenvalue weighted by Gasteiger charge is 2.36. The van der Waals surface area contributed by atoms with Gasteiger partial charge in [-0.15, -0.1) is 0 Å². The molecule has 0 aliphatic carbocycles. The van der Waals surface area contributed by atoms with E-state index in [-0.39, 0.29) is 56.2 Å². The average molecular weight is 550 g/mol. The molecular formula is C30H47NO8. The lowest BCUT2D eigenvalue weighted by molar-refractivity contribution is -0.151.